The van der Waals surface area contributed by atoms with Crippen LogP contribution in [0.1, 0.15) is 33.1 Å². The molecule has 0 saturated carbocycles. The number of allylic oxidation sites excluding steroid dienone is 2. The smallest absolute Gasteiger partial charge is 0.0642 e. The highest BCUT2D eigenvalue weighted by molar-refractivity contribution is 5.08. The maximum Gasteiger partial charge on any atom is 0.0642 e. The lowest BCUT2D eigenvalue weighted by Gasteiger charge is -2.34. The third kappa shape index (κ3) is 2.75. The van der Waals surface area contributed by atoms with E-state index in [4.69, 9.17) is 4.74 Å². The molecular formula is C13H23NO. The molecule has 1 heterocycles. The van der Waals surface area contributed by atoms with Gasteiger partial charge < -0.3 is 9.64 Å². The van der Waals surface area contributed by atoms with Gasteiger partial charge in [-0.25, -0.2) is 0 Å². The zero-order valence-electron chi connectivity index (χ0n) is 10.0. The molecule has 0 amide bonds. The molecule has 2 atom stereocenters. The van der Waals surface area contributed by atoms with E-state index in [0.29, 0.717) is 0 Å². The Morgan fingerprint density at radius 2 is 2.00 bits per heavy atom. The topological polar surface area (TPSA) is 12.5 Å². The van der Waals surface area contributed by atoms with Crippen LogP contribution in [0.3, 0.4) is 0 Å². The van der Waals surface area contributed by atoms with Crippen molar-refractivity contribution in [3.63, 3.8) is 0 Å². The van der Waals surface area contributed by atoms with Gasteiger partial charge in [0.2, 0.25) is 0 Å². The number of ether oxygens (including phenoxy) is 1. The molecule has 2 nitrogen and oxygen atoms in total. The van der Waals surface area contributed by atoms with Crippen LogP contribution >= 0.6 is 0 Å². The van der Waals surface area contributed by atoms with Gasteiger partial charge in [-0.15, -0.1) is 0 Å². The standard InChI is InChI=1S/C13H23NO/c1-11-4-3-5-13(12(2)10-11)14-6-8-15-9-7-14/h5,11-12H,3-4,6-10H2,1-2H3. The fraction of sp³-hybridized carbons (Fsp3) is 0.846. The molecule has 2 unspecified atom stereocenters. The van der Waals surface area contributed by atoms with E-state index in [1.807, 2.05) is 0 Å². The first-order valence-electron chi connectivity index (χ1n) is 6.30. The molecule has 1 saturated heterocycles. The van der Waals surface area contributed by atoms with Gasteiger partial charge in [0.1, 0.15) is 0 Å². The first-order valence-corrected chi connectivity index (χ1v) is 6.30. The van der Waals surface area contributed by atoms with Gasteiger partial charge in [-0.1, -0.05) is 19.9 Å². The summed E-state index contributed by atoms with van der Waals surface area (Å²) in [5, 5.41) is 0. The van der Waals surface area contributed by atoms with Crippen molar-refractivity contribution < 1.29 is 4.74 Å². The average Bonchev–Trinajstić information content (AvgIpc) is 2.40. The highest BCUT2D eigenvalue weighted by Crippen LogP contribution is 2.29. The summed E-state index contributed by atoms with van der Waals surface area (Å²) in [5.74, 6) is 1.62. The molecule has 0 aromatic heterocycles. The van der Waals surface area contributed by atoms with Crippen LogP contribution in [-0.4, -0.2) is 31.2 Å². The van der Waals surface area contributed by atoms with Crippen LogP contribution in [0.15, 0.2) is 11.8 Å². The first kappa shape index (κ1) is 11.0. The summed E-state index contributed by atoms with van der Waals surface area (Å²) >= 11 is 0. The van der Waals surface area contributed by atoms with Crippen molar-refractivity contribution in [2.45, 2.75) is 33.1 Å². The third-order valence-electron chi connectivity index (χ3n) is 3.65. The Morgan fingerprint density at radius 1 is 1.27 bits per heavy atom. The minimum atomic E-state index is 0.737. The van der Waals surface area contributed by atoms with Crippen molar-refractivity contribution >= 4 is 0 Å². The van der Waals surface area contributed by atoms with Crippen LogP contribution in [0, 0.1) is 11.8 Å². The highest BCUT2D eigenvalue weighted by atomic mass is 16.5. The Hall–Kier alpha value is -0.500. The molecule has 15 heavy (non-hydrogen) atoms. The summed E-state index contributed by atoms with van der Waals surface area (Å²) in [6.07, 6.45) is 6.44. The fourth-order valence-electron chi connectivity index (χ4n) is 2.82. The van der Waals surface area contributed by atoms with Gasteiger partial charge in [-0.2, -0.15) is 0 Å². The van der Waals surface area contributed by atoms with Crippen molar-refractivity contribution in [1.29, 1.82) is 0 Å². The number of hydrogen-bond acceptors (Lipinski definition) is 2. The monoisotopic (exact) mass is 209 g/mol. The minimum absolute atomic E-state index is 0.737. The predicted octanol–water partition coefficient (Wildman–Crippen LogP) is 2.66. The maximum atomic E-state index is 5.41. The normalized spacial score (nSPS) is 33.5. The summed E-state index contributed by atoms with van der Waals surface area (Å²) in [7, 11) is 0. The lowest BCUT2D eigenvalue weighted by atomic mass is 9.95. The molecule has 0 aromatic rings. The molecule has 1 aliphatic heterocycles. The number of nitrogens with zero attached hydrogens (tertiary/aromatic N) is 1. The van der Waals surface area contributed by atoms with E-state index in [0.717, 1.165) is 38.1 Å². The Balaban J connectivity index is 2.01. The van der Waals surface area contributed by atoms with E-state index in [2.05, 4.69) is 24.8 Å². The van der Waals surface area contributed by atoms with Crippen molar-refractivity contribution in [1.82, 2.24) is 4.90 Å². The highest BCUT2D eigenvalue weighted by Gasteiger charge is 2.22. The van der Waals surface area contributed by atoms with Gasteiger partial charge >= 0.3 is 0 Å². The summed E-state index contributed by atoms with van der Waals surface area (Å²) in [5.41, 5.74) is 1.59. The summed E-state index contributed by atoms with van der Waals surface area (Å²) in [6, 6.07) is 0. The lowest BCUT2D eigenvalue weighted by Crippen LogP contribution is -2.37. The molecule has 1 fully saturated rings. The van der Waals surface area contributed by atoms with Crippen LogP contribution in [0.25, 0.3) is 0 Å². The maximum absolute atomic E-state index is 5.41. The zero-order chi connectivity index (χ0) is 10.7. The van der Waals surface area contributed by atoms with Gasteiger partial charge in [0.25, 0.3) is 0 Å². The van der Waals surface area contributed by atoms with Crippen LogP contribution in [0.4, 0.5) is 0 Å². The van der Waals surface area contributed by atoms with E-state index in [9.17, 15) is 0 Å². The second-order valence-electron chi connectivity index (χ2n) is 5.05. The molecule has 2 rings (SSSR count). The van der Waals surface area contributed by atoms with E-state index in [1.54, 1.807) is 5.70 Å². The molecule has 0 spiro atoms. The van der Waals surface area contributed by atoms with E-state index in [1.165, 1.54) is 19.3 Å². The number of hydrogen-bond donors (Lipinski definition) is 0. The lowest BCUT2D eigenvalue weighted by molar-refractivity contribution is 0.0485. The van der Waals surface area contributed by atoms with Gasteiger partial charge in [0.15, 0.2) is 0 Å². The summed E-state index contributed by atoms with van der Waals surface area (Å²) < 4.78 is 5.41. The van der Waals surface area contributed by atoms with Gasteiger partial charge in [0, 0.05) is 18.8 Å². The Labute approximate surface area is 93.3 Å². The van der Waals surface area contributed by atoms with E-state index >= 15 is 0 Å². The number of morpholine rings is 1. The molecule has 2 aliphatic rings. The first-order chi connectivity index (χ1) is 7.27. The van der Waals surface area contributed by atoms with Crippen LogP contribution in [0.5, 0.6) is 0 Å². The Morgan fingerprint density at radius 3 is 2.73 bits per heavy atom. The molecular weight excluding hydrogens is 186 g/mol. The van der Waals surface area contributed by atoms with Gasteiger partial charge in [-0.05, 0) is 31.1 Å². The van der Waals surface area contributed by atoms with Crippen molar-refractivity contribution in [2.75, 3.05) is 26.3 Å². The second kappa shape index (κ2) is 5.02. The van der Waals surface area contributed by atoms with Crippen molar-refractivity contribution in [3.05, 3.63) is 11.8 Å². The van der Waals surface area contributed by atoms with E-state index in [-0.39, 0.29) is 0 Å². The number of rotatable bonds is 1. The Kier molecular flexibility index (Phi) is 3.68. The van der Waals surface area contributed by atoms with Crippen molar-refractivity contribution in [3.8, 4) is 0 Å². The van der Waals surface area contributed by atoms with Crippen LogP contribution in [0.2, 0.25) is 0 Å². The SMILES string of the molecule is CC1CCC=C(N2CCOCC2)C(C)C1. The molecule has 0 bridgehead atoms. The van der Waals surface area contributed by atoms with Crippen molar-refractivity contribution in [2.24, 2.45) is 11.8 Å². The largest absolute Gasteiger partial charge is 0.378 e. The second-order valence-corrected chi connectivity index (χ2v) is 5.05. The zero-order valence-corrected chi connectivity index (χ0v) is 10.0. The molecule has 0 N–H and O–H groups in total. The third-order valence-corrected chi connectivity index (χ3v) is 3.65. The minimum Gasteiger partial charge on any atom is -0.378 e. The van der Waals surface area contributed by atoms with Gasteiger partial charge in [-0.3, -0.25) is 0 Å². The van der Waals surface area contributed by atoms with E-state index < -0.39 is 0 Å². The fourth-order valence-corrected chi connectivity index (χ4v) is 2.82. The predicted molar refractivity (Wildman–Crippen MR) is 62.7 cm³/mol. The van der Waals surface area contributed by atoms with Crippen LogP contribution < -0.4 is 0 Å². The van der Waals surface area contributed by atoms with Gasteiger partial charge in [0.05, 0.1) is 13.2 Å². The molecule has 1 aliphatic carbocycles. The molecule has 0 radical (unpaired) electrons. The summed E-state index contributed by atoms with van der Waals surface area (Å²) in [4.78, 5) is 2.53. The molecule has 0 aromatic carbocycles. The molecule has 2 heteroatoms. The average molecular weight is 209 g/mol. The molecule has 86 valence electrons. The Bertz CT molecular complexity index is 231. The van der Waals surface area contributed by atoms with Crippen LogP contribution in [-0.2, 0) is 4.74 Å². The quantitative estimate of drug-likeness (QED) is 0.658. The summed E-state index contributed by atoms with van der Waals surface area (Å²) in [6.45, 7) is 8.74.